The smallest absolute Gasteiger partial charge is 0.483 e. The summed E-state index contributed by atoms with van der Waals surface area (Å²) < 4.78 is 46.2. The maximum absolute atomic E-state index is 12.3. The molecule has 0 fully saturated rings. The molecule has 10 heteroatoms. The predicted molar refractivity (Wildman–Crippen MR) is 97.8 cm³/mol. The quantitative estimate of drug-likeness (QED) is 0.792. The van der Waals surface area contributed by atoms with Crippen LogP contribution >= 0.6 is 11.6 Å². The van der Waals surface area contributed by atoms with Crippen molar-refractivity contribution in [2.75, 3.05) is 19.7 Å². The Balaban J connectivity index is 1.58. The van der Waals surface area contributed by atoms with Gasteiger partial charge in [-0.3, -0.25) is 9.59 Å². The van der Waals surface area contributed by atoms with Crippen LogP contribution in [-0.4, -0.2) is 42.8 Å². The zero-order chi connectivity index (χ0) is 21.0. The number of benzene rings is 2. The average Bonchev–Trinajstić information content (AvgIpc) is 2.79. The second-order valence-corrected chi connectivity index (χ2v) is 6.62. The van der Waals surface area contributed by atoms with Gasteiger partial charge in [-0.05, 0) is 36.4 Å². The van der Waals surface area contributed by atoms with E-state index in [0.717, 1.165) is 17.7 Å². The summed E-state index contributed by atoms with van der Waals surface area (Å²) in [6.45, 7) is 0.419. The summed E-state index contributed by atoms with van der Waals surface area (Å²) >= 11 is 5.98. The fourth-order valence-electron chi connectivity index (χ4n) is 2.78. The van der Waals surface area contributed by atoms with Crippen LogP contribution in [0, 0.1) is 0 Å². The number of nitrogens with one attached hydrogen (secondary N) is 1. The molecule has 1 N–H and O–H groups in total. The number of rotatable bonds is 5. The van der Waals surface area contributed by atoms with E-state index in [4.69, 9.17) is 16.3 Å². The van der Waals surface area contributed by atoms with E-state index in [1.807, 2.05) is 0 Å². The molecular weight excluding hydrogens is 413 g/mol. The Kier molecular flexibility index (Phi) is 6.17. The number of carbonyl (C=O) groups is 2. The molecule has 3 rings (SSSR count). The molecule has 1 aliphatic rings. The number of nitrogens with zero attached hydrogens (tertiary/aromatic N) is 1. The van der Waals surface area contributed by atoms with E-state index in [1.165, 1.54) is 17.0 Å². The Hall–Kier alpha value is -2.94. The Labute approximate surface area is 169 Å². The lowest BCUT2D eigenvalue weighted by atomic mass is 10.2. The first kappa shape index (κ1) is 20.8. The minimum atomic E-state index is -4.84. The van der Waals surface area contributed by atoms with Crippen LogP contribution in [-0.2, 0) is 11.3 Å². The molecule has 0 saturated heterocycles. The fraction of sp³-hybridized carbons (Fsp3) is 0.263. The molecule has 0 unspecified atom stereocenters. The molecule has 0 bridgehead atoms. The van der Waals surface area contributed by atoms with Crippen LogP contribution in [0.4, 0.5) is 13.2 Å². The lowest BCUT2D eigenvalue weighted by Crippen LogP contribution is -2.39. The number of hydrogen-bond acceptors (Lipinski definition) is 4. The summed E-state index contributed by atoms with van der Waals surface area (Å²) in [5, 5.41) is 3.09. The molecule has 1 heterocycles. The van der Waals surface area contributed by atoms with Crippen LogP contribution in [0.5, 0.6) is 11.5 Å². The highest BCUT2D eigenvalue weighted by molar-refractivity contribution is 6.30. The number of halogens is 4. The van der Waals surface area contributed by atoms with Crippen LogP contribution in [0.3, 0.4) is 0 Å². The molecule has 0 atom stereocenters. The Morgan fingerprint density at radius 3 is 2.79 bits per heavy atom. The molecule has 0 spiro atoms. The van der Waals surface area contributed by atoms with E-state index >= 15 is 0 Å². The average molecular weight is 429 g/mol. The molecule has 154 valence electrons. The molecule has 0 saturated carbocycles. The Bertz CT molecular complexity index is 921. The van der Waals surface area contributed by atoms with E-state index < -0.39 is 18.0 Å². The maximum Gasteiger partial charge on any atom is 0.573 e. The zero-order valence-electron chi connectivity index (χ0n) is 15.0. The summed E-state index contributed by atoms with van der Waals surface area (Å²) in [6.07, 6.45) is -4.84. The summed E-state index contributed by atoms with van der Waals surface area (Å²) in [5.74, 6) is -0.763. The van der Waals surface area contributed by atoms with Crippen molar-refractivity contribution in [1.82, 2.24) is 10.2 Å². The van der Waals surface area contributed by atoms with E-state index in [2.05, 4.69) is 10.1 Å². The van der Waals surface area contributed by atoms with Crippen molar-refractivity contribution < 1.29 is 32.2 Å². The van der Waals surface area contributed by atoms with E-state index in [9.17, 15) is 22.8 Å². The molecule has 0 radical (unpaired) electrons. The molecule has 2 amide bonds. The number of amides is 2. The van der Waals surface area contributed by atoms with Gasteiger partial charge in [0.15, 0.2) is 6.61 Å². The summed E-state index contributed by atoms with van der Waals surface area (Å²) in [4.78, 5) is 25.9. The van der Waals surface area contributed by atoms with Crippen molar-refractivity contribution in [1.29, 1.82) is 0 Å². The van der Waals surface area contributed by atoms with Crippen LogP contribution in [0.1, 0.15) is 15.9 Å². The number of alkyl halides is 3. The molecule has 0 aromatic heterocycles. The first-order valence-electron chi connectivity index (χ1n) is 8.54. The third-order valence-corrected chi connectivity index (χ3v) is 4.32. The molecular formula is C19H16ClF3N2O4. The van der Waals surface area contributed by atoms with Gasteiger partial charge in [-0.1, -0.05) is 17.7 Å². The highest BCUT2D eigenvalue weighted by Crippen LogP contribution is 2.26. The first-order chi connectivity index (χ1) is 13.7. The van der Waals surface area contributed by atoms with E-state index in [1.54, 1.807) is 18.2 Å². The van der Waals surface area contributed by atoms with Crippen molar-refractivity contribution in [3.05, 3.63) is 58.6 Å². The van der Waals surface area contributed by atoms with Crippen molar-refractivity contribution in [2.24, 2.45) is 0 Å². The highest BCUT2D eigenvalue weighted by atomic mass is 35.5. The largest absolute Gasteiger partial charge is 0.573 e. The minimum absolute atomic E-state index is 0.00871. The number of fused-ring (bicyclic) bond motifs is 1. The van der Waals surface area contributed by atoms with Crippen LogP contribution in [0.25, 0.3) is 0 Å². The van der Waals surface area contributed by atoms with Gasteiger partial charge in [-0.2, -0.15) is 0 Å². The van der Waals surface area contributed by atoms with Gasteiger partial charge in [0.1, 0.15) is 11.5 Å². The number of ether oxygens (including phenoxy) is 2. The van der Waals surface area contributed by atoms with Crippen molar-refractivity contribution in [3.63, 3.8) is 0 Å². The SMILES string of the molecule is O=C(NCCN1Cc2cc(Cl)ccc2OCC1=O)c1cccc(OC(F)(F)F)c1. The predicted octanol–water partition coefficient (Wildman–Crippen LogP) is 3.39. The molecule has 1 aliphatic heterocycles. The third kappa shape index (κ3) is 5.77. The third-order valence-electron chi connectivity index (χ3n) is 4.08. The first-order valence-corrected chi connectivity index (χ1v) is 8.92. The van der Waals surface area contributed by atoms with Gasteiger partial charge >= 0.3 is 6.36 Å². The normalized spacial score (nSPS) is 13.9. The highest BCUT2D eigenvalue weighted by Gasteiger charge is 2.31. The lowest BCUT2D eigenvalue weighted by molar-refractivity contribution is -0.274. The van der Waals surface area contributed by atoms with Gasteiger partial charge in [0.25, 0.3) is 11.8 Å². The van der Waals surface area contributed by atoms with Crippen molar-refractivity contribution in [2.45, 2.75) is 12.9 Å². The van der Waals surface area contributed by atoms with Crippen LogP contribution < -0.4 is 14.8 Å². The molecule has 0 aliphatic carbocycles. The van der Waals surface area contributed by atoms with Gasteiger partial charge in [0, 0.05) is 35.8 Å². The molecule has 2 aromatic rings. The lowest BCUT2D eigenvalue weighted by Gasteiger charge is -2.20. The van der Waals surface area contributed by atoms with Gasteiger partial charge in [0.2, 0.25) is 0 Å². The minimum Gasteiger partial charge on any atom is -0.483 e. The Morgan fingerprint density at radius 1 is 1.24 bits per heavy atom. The summed E-state index contributed by atoms with van der Waals surface area (Å²) in [6, 6.07) is 9.79. The van der Waals surface area contributed by atoms with Crippen molar-refractivity contribution >= 4 is 23.4 Å². The monoisotopic (exact) mass is 428 g/mol. The molecule has 29 heavy (non-hydrogen) atoms. The van der Waals surface area contributed by atoms with Crippen LogP contribution in [0.2, 0.25) is 5.02 Å². The molecule has 2 aromatic carbocycles. The van der Waals surface area contributed by atoms with Gasteiger partial charge in [0.05, 0.1) is 0 Å². The van der Waals surface area contributed by atoms with Crippen molar-refractivity contribution in [3.8, 4) is 11.5 Å². The second kappa shape index (κ2) is 8.60. The van der Waals surface area contributed by atoms with E-state index in [0.29, 0.717) is 10.8 Å². The number of carbonyl (C=O) groups excluding carboxylic acids is 2. The number of hydrogen-bond donors (Lipinski definition) is 1. The maximum atomic E-state index is 12.3. The topological polar surface area (TPSA) is 67.9 Å². The summed E-state index contributed by atoms with van der Waals surface area (Å²) in [7, 11) is 0. The van der Waals surface area contributed by atoms with Crippen LogP contribution in [0.15, 0.2) is 42.5 Å². The summed E-state index contributed by atoms with van der Waals surface area (Å²) in [5.41, 5.74) is 0.751. The zero-order valence-corrected chi connectivity index (χ0v) is 15.7. The van der Waals surface area contributed by atoms with Gasteiger partial charge in [-0.25, -0.2) is 0 Å². The Morgan fingerprint density at radius 2 is 2.03 bits per heavy atom. The fourth-order valence-corrected chi connectivity index (χ4v) is 2.98. The van der Waals surface area contributed by atoms with Gasteiger partial charge in [-0.15, -0.1) is 13.2 Å². The van der Waals surface area contributed by atoms with Gasteiger partial charge < -0.3 is 19.7 Å². The second-order valence-electron chi connectivity index (χ2n) is 6.19. The standard InChI is InChI=1S/C19H16ClF3N2O4/c20-14-4-5-16-13(8-14)10-25(17(26)11-28-16)7-6-24-18(27)12-2-1-3-15(9-12)29-19(21,22)23/h1-5,8-9H,6-7,10-11H2,(H,24,27). The van der Waals surface area contributed by atoms with E-state index in [-0.39, 0.29) is 37.7 Å². The molecule has 6 nitrogen and oxygen atoms in total.